The zero-order valence-corrected chi connectivity index (χ0v) is 17.3. The van der Waals surface area contributed by atoms with Crippen LogP contribution in [0.1, 0.15) is 42.7 Å². The molecule has 1 heterocycles. The molecule has 5 heteroatoms. The van der Waals surface area contributed by atoms with Crippen LogP contribution in [-0.4, -0.2) is 42.2 Å². The van der Waals surface area contributed by atoms with E-state index in [2.05, 4.69) is 35.2 Å². The van der Waals surface area contributed by atoms with Gasteiger partial charge in [0.15, 0.2) is 0 Å². The van der Waals surface area contributed by atoms with E-state index in [1.165, 1.54) is 43.4 Å². The van der Waals surface area contributed by atoms with Crippen molar-refractivity contribution in [3.8, 4) is 5.75 Å². The number of rotatable bonds is 9. The number of piperidine rings is 1. The smallest absolute Gasteiger partial charge is 0.307 e. The normalized spacial score (nSPS) is 22.0. The molecular formula is C25H30FNO3. The molecule has 1 N–H and O–H groups in total. The van der Waals surface area contributed by atoms with E-state index in [4.69, 9.17) is 9.84 Å². The quantitative estimate of drug-likeness (QED) is 0.648. The zero-order valence-electron chi connectivity index (χ0n) is 17.3. The fourth-order valence-corrected chi connectivity index (χ4v) is 4.71. The molecule has 0 aromatic heterocycles. The van der Waals surface area contributed by atoms with E-state index in [1.807, 2.05) is 0 Å². The van der Waals surface area contributed by atoms with E-state index >= 15 is 0 Å². The van der Waals surface area contributed by atoms with Crippen molar-refractivity contribution < 1.29 is 19.0 Å². The molecular weight excluding hydrogens is 381 g/mol. The van der Waals surface area contributed by atoms with E-state index in [9.17, 15) is 9.18 Å². The summed E-state index contributed by atoms with van der Waals surface area (Å²) in [6.45, 7) is 3.55. The summed E-state index contributed by atoms with van der Waals surface area (Å²) in [6, 6.07) is 15.3. The van der Waals surface area contributed by atoms with Gasteiger partial charge in [-0.25, -0.2) is 4.39 Å². The number of hydrogen-bond donors (Lipinski definition) is 1. The standard InChI is InChI=1S/C25H30FNO3/c26-24-17-22(7-6-20(24)16-25(28)29)30-13-12-27-10-8-18(9-11-27)14-21-15-23(21)19-4-2-1-3-5-19/h1-7,17-18,21,23H,8-16H2,(H,28,29)/t21-,23+/m1/s1. The number of carboxylic acids is 1. The van der Waals surface area contributed by atoms with Crippen molar-refractivity contribution in [1.82, 2.24) is 4.90 Å². The first-order valence-electron chi connectivity index (χ1n) is 11.0. The Morgan fingerprint density at radius 1 is 1.13 bits per heavy atom. The van der Waals surface area contributed by atoms with Gasteiger partial charge in [0.25, 0.3) is 0 Å². The Hall–Kier alpha value is -2.40. The number of carbonyl (C=O) groups is 1. The summed E-state index contributed by atoms with van der Waals surface area (Å²) in [5.41, 5.74) is 1.69. The first-order valence-corrected chi connectivity index (χ1v) is 11.0. The maximum atomic E-state index is 13.9. The molecule has 2 fully saturated rings. The lowest BCUT2D eigenvalue weighted by Gasteiger charge is -2.32. The predicted molar refractivity (Wildman–Crippen MR) is 114 cm³/mol. The van der Waals surface area contributed by atoms with Crippen molar-refractivity contribution in [3.05, 3.63) is 65.5 Å². The second-order valence-electron chi connectivity index (χ2n) is 8.71. The van der Waals surface area contributed by atoms with Gasteiger partial charge in [0.1, 0.15) is 18.2 Å². The van der Waals surface area contributed by atoms with E-state index < -0.39 is 11.8 Å². The average Bonchev–Trinajstić information content (AvgIpc) is 3.51. The van der Waals surface area contributed by atoms with Crippen molar-refractivity contribution in [2.75, 3.05) is 26.2 Å². The van der Waals surface area contributed by atoms with Gasteiger partial charge in [-0.2, -0.15) is 0 Å². The largest absolute Gasteiger partial charge is 0.492 e. The third-order valence-corrected chi connectivity index (χ3v) is 6.54. The molecule has 2 aromatic rings. The second kappa shape index (κ2) is 9.61. The molecule has 1 saturated heterocycles. The van der Waals surface area contributed by atoms with E-state index in [0.29, 0.717) is 12.4 Å². The monoisotopic (exact) mass is 411 g/mol. The van der Waals surface area contributed by atoms with Crippen LogP contribution in [0, 0.1) is 17.7 Å². The number of carboxylic acid groups (broad SMARTS) is 1. The SMILES string of the molecule is O=C(O)Cc1ccc(OCCN2CCC(C[C@@H]3C[C@H]3c3ccccc3)CC2)cc1F. The number of ether oxygens (including phenoxy) is 1. The summed E-state index contributed by atoms with van der Waals surface area (Å²) in [5, 5.41) is 8.78. The third-order valence-electron chi connectivity index (χ3n) is 6.54. The van der Waals surface area contributed by atoms with Crippen molar-refractivity contribution in [1.29, 1.82) is 0 Å². The van der Waals surface area contributed by atoms with E-state index in [0.717, 1.165) is 37.4 Å². The number of nitrogens with zero attached hydrogens (tertiary/aromatic N) is 1. The molecule has 0 unspecified atom stereocenters. The van der Waals surface area contributed by atoms with Gasteiger partial charge in [0.2, 0.25) is 0 Å². The summed E-state index contributed by atoms with van der Waals surface area (Å²) in [6.07, 6.45) is 4.88. The summed E-state index contributed by atoms with van der Waals surface area (Å²) >= 11 is 0. The molecule has 160 valence electrons. The van der Waals surface area contributed by atoms with Gasteiger partial charge in [0.05, 0.1) is 6.42 Å². The lowest BCUT2D eigenvalue weighted by atomic mass is 9.90. The molecule has 1 saturated carbocycles. The molecule has 1 aliphatic heterocycles. The molecule has 1 aliphatic carbocycles. The Kier molecular flexibility index (Phi) is 6.68. The van der Waals surface area contributed by atoms with Crippen LogP contribution in [-0.2, 0) is 11.2 Å². The van der Waals surface area contributed by atoms with Gasteiger partial charge in [-0.15, -0.1) is 0 Å². The van der Waals surface area contributed by atoms with Crippen molar-refractivity contribution in [3.63, 3.8) is 0 Å². The minimum Gasteiger partial charge on any atom is -0.492 e. The van der Waals surface area contributed by atoms with Crippen LogP contribution >= 0.6 is 0 Å². The molecule has 2 aromatic carbocycles. The fraction of sp³-hybridized carbons (Fsp3) is 0.480. The van der Waals surface area contributed by atoms with Crippen LogP contribution in [0.4, 0.5) is 4.39 Å². The van der Waals surface area contributed by atoms with Gasteiger partial charge in [-0.3, -0.25) is 9.69 Å². The lowest BCUT2D eigenvalue weighted by Crippen LogP contribution is -2.36. The highest BCUT2D eigenvalue weighted by Crippen LogP contribution is 2.51. The molecule has 2 atom stereocenters. The van der Waals surface area contributed by atoms with Crippen LogP contribution in [0.15, 0.2) is 48.5 Å². The minimum atomic E-state index is -1.04. The molecule has 30 heavy (non-hydrogen) atoms. The fourth-order valence-electron chi connectivity index (χ4n) is 4.71. The average molecular weight is 412 g/mol. The van der Waals surface area contributed by atoms with Crippen LogP contribution in [0.3, 0.4) is 0 Å². The Morgan fingerprint density at radius 3 is 2.60 bits per heavy atom. The summed E-state index contributed by atoms with van der Waals surface area (Å²) in [4.78, 5) is 13.1. The Morgan fingerprint density at radius 2 is 1.90 bits per heavy atom. The van der Waals surface area contributed by atoms with Crippen molar-refractivity contribution in [2.24, 2.45) is 11.8 Å². The molecule has 4 nitrogen and oxygen atoms in total. The third kappa shape index (κ3) is 5.60. The topological polar surface area (TPSA) is 49.8 Å². The lowest BCUT2D eigenvalue weighted by molar-refractivity contribution is -0.136. The summed E-state index contributed by atoms with van der Waals surface area (Å²) < 4.78 is 19.6. The molecule has 0 radical (unpaired) electrons. The van der Waals surface area contributed by atoms with Crippen LogP contribution < -0.4 is 4.74 Å². The highest BCUT2D eigenvalue weighted by Gasteiger charge is 2.39. The van der Waals surface area contributed by atoms with Crippen LogP contribution in [0.5, 0.6) is 5.75 Å². The van der Waals surface area contributed by atoms with Gasteiger partial charge in [-0.05, 0) is 73.7 Å². The first-order chi connectivity index (χ1) is 14.6. The number of halogens is 1. The van der Waals surface area contributed by atoms with Gasteiger partial charge >= 0.3 is 5.97 Å². The van der Waals surface area contributed by atoms with Crippen LogP contribution in [0.25, 0.3) is 0 Å². The first kappa shape index (κ1) is 20.9. The summed E-state index contributed by atoms with van der Waals surface area (Å²) in [5.74, 6) is 1.37. The minimum absolute atomic E-state index is 0.182. The molecule has 4 rings (SSSR count). The van der Waals surface area contributed by atoms with E-state index in [1.54, 1.807) is 6.07 Å². The predicted octanol–water partition coefficient (Wildman–Crippen LogP) is 4.74. The number of aliphatic carboxylic acids is 1. The molecule has 2 aliphatic rings. The Labute approximate surface area is 177 Å². The molecule has 0 spiro atoms. The molecule has 0 bridgehead atoms. The zero-order chi connectivity index (χ0) is 20.9. The maximum absolute atomic E-state index is 13.9. The van der Waals surface area contributed by atoms with Gasteiger partial charge in [-0.1, -0.05) is 36.4 Å². The van der Waals surface area contributed by atoms with Gasteiger partial charge < -0.3 is 9.84 Å². The van der Waals surface area contributed by atoms with Crippen molar-refractivity contribution in [2.45, 2.75) is 38.0 Å². The van der Waals surface area contributed by atoms with Crippen LogP contribution in [0.2, 0.25) is 0 Å². The Bertz CT molecular complexity index is 849. The maximum Gasteiger partial charge on any atom is 0.307 e. The van der Waals surface area contributed by atoms with Gasteiger partial charge in [0, 0.05) is 12.6 Å². The highest BCUT2D eigenvalue weighted by atomic mass is 19.1. The van der Waals surface area contributed by atoms with E-state index in [-0.39, 0.29) is 12.0 Å². The number of hydrogen-bond acceptors (Lipinski definition) is 3. The Balaban J connectivity index is 1.14. The van der Waals surface area contributed by atoms with Crippen molar-refractivity contribution >= 4 is 5.97 Å². The highest BCUT2D eigenvalue weighted by molar-refractivity contribution is 5.70. The number of likely N-dealkylation sites (tertiary alicyclic amines) is 1. The summed E-state index contributed by atoms with van der Waals surface area (Å²) in [7, 11) is 0. The number of benzene rings is 2. The second-order valence-corrected chi connectivity index (χ2v) is 8.71. The molecule has 0 amide bonds.